The first-order chi connectivity index (χ1) is 28.4. The number of nitriles is 1. The standard InChI is InChI=1S/C50H26F3N3S2/c51-50(52,53)30-11-9-10-29(26-30)45-39(55-37-16-5-1-12-31(37)33-20-22-43-46(48(33)55)35-14-3-7-18-41(35)57-43)24-28(27-54)25-40(45)56-38-17-6-2-13-32(38)34-21-23-44-47(49(34)56)36-15-4-8-19-42(36)58-44/h1-26H. The van der Waals surface area contributed by atoms with Crippen LogP contribution in [0.3, 0.4) is 0 Å². The van der Waals surface area contributed by atoms with Crippen molar-refractivity contribution in [1.82, 2.24) is 9.13 Å². The van der Waals surface area contributed by atoms with Gasteiger partial charge in [0.15, 0.2) is 0 Å². The summed E-state index contributed by atoms with van der Waals surface area (Å²) in [5.41, 5.74) is 5.54. The Morgan fingerprint density at radius 2 is 0.948 bits per heavy atom. The number of hydrogen-bond donors (Lipinski definition) is 0. The summed E-state index contributed by atoms with van der Waals surface area (Å²) in [4.78, 5) is 0. The normalized spacial score (nSPS) is 12.4. The number of nitrogens with zero attached hydrogens (tertiary/aromatic N) is 3. The number of thiophene rings is 2. The van der Waals surface area contributed by atoms with Crippen molar-refractivity contribution in [2.45, 2.75) is 6.18 Å². The van der Waals surface area contributed by atoms with Crippen molar-refractivity contribution in [2.24, 2.45) is 0 Å². The van der Waals surface area contributed by atoms with Gasteiger partial charge in [-0.05, 0) is 66.2 Å². The number of fused-ring (bicyclic) bond motifs is 14. The number of para-hydroxylation sites is 2. The summed E-state index contributed by atoms with van der Waals surface area (Å²) >= 11 is 3.43. The van der Waals surface area contributed by atoms with Crippen LogP contribution in [0.1, 0.15) is 11.1 Å². The largest absolute Gasteiger partial charge is 0.416 e. The molecule has 8 heteroatoms. The van der Waals surface area contributed by atoms with Gasteiger partial charge < -0.3 is 9.13 Å². The Morgan fingerprint density at radius 3 is 1.45 bits per heavy atom. The van der Waals surface area contributed by atoms with Crippen molar-refractivity contribution in [3.05, 3.63) is 169 Å². The van der Waals surface area contributed by atoms with E-state index in [-0.39, 0.29) is 0 Å². The van der Waals surface area contributed by atoms with Crippen LogP contribution in [0.5, 0.6) is 0 Å². The Labute approximate surface area is 336 Å². The van der Waals surface area contributed by atoms with Gasteiger partial charge in [0.05, 0.1) is 50.6 Å². The Bertz CT molecular complexity index is 3550. The monoisotopic (exact) mass is 789 g/mol. The van der Waals surface area contributed by atoms with Gasteiger partial charge in [0.1, 0.15) is 0 Å². The Balaban J connectivity index is 1.34. The van der Waals surface area contributed by atoms with Crippen LogP contribution >= 0.6 is 22.7 Å². The van der Waals surface area contributed by atoms with Crippen LogP contribution < -0.4 is 0 Å². The minimum absolute atomic E-state index is 0.391. The van der Waals surface area contributed by atoms with Gasteiger partial charge in [-0.3, -0.25) is 0 Å². The minimum Gasteiger partial charge on any atom is -0.308 e. The molecule has 4 heterocycles. The summed E-state index contributed by atoms with van der Waals surface area (Å²) in [7, 11) is 0. The highest BCUT2D eigenvalue weighted by atomic mass is 32.1. The van der Waals surface area contributed by atoms with Crippen LogP contribution in [-0.2, 0) is 6.18 Å². The molecule has 0 N–H and O–H groups in total. The molecule has 0 aliphatic rings. The number of alkyl halides is 3. The molecular weight excluding hydrogens is 764 g/mol. The molecule has 0 aliphatic carbocycles. The smallest absolute Gasteiger partial charge is 0.308 e. The molecule has 0 saturated carbocycles. The van der Waals surface area contributed by atoms with E-state index in [1.165, 1.54) is 12.1 Å². The lowest BCUT2D eigenvalue weighted by molar-refractivity contribution is -0.137. The maximum Gasteiger partial charge on any atom is 0.416 e. The Kier molecular flexibility index (Phi) is 6.90. The lowest BCUT2D eigenvalue weighted by Gasteiger charge is -2.22. The third kappa shape index (κ3) is 4.60. The average Bonchev–Trinajstić information content (AvgIpc) is 4.00. The molecule has 58 heavy (non-hydrogen) atoms. The van der Waals surface area contributed by atoms with E-state index in [0.29, 0.717) is 28.1 Å². The maximum absolute atomic E-state index is 14.7. The van der Waals surface area contributed by atoms with Gasteiger partial charge in [0.2, 0.25) is 0 Å². The molecule has 0 bridgehead atoms. The molecule has 3 nitrogen and oxygen atoms in total. The first-order valence-corrected chi connectivity index (χ1v) is 20.4. The van der Waals surface area contributed by atoms with E-state index in [0.717, 1.165) is 90.0 Å². The zero-order valence-electron chi connectivity index (χ0n) is 30.3. The fourth-order valence-electron chi connectivity index (χ4n) is 9.21. The molecule has 0 fully saturated rings. The molecule has 0 unspecified atom stereocenters. The lowest BCUT2D eigenvalue weighted by atomic mass is 9.96. The van der Waals surface area contributed by atoms with Gasteiger partial charge in [0, 0.05) is 67.5 Å². The number of aromatic nitrogens is 2. The first-order valence-electron chi connectivity index (χ1n) is 18.8. The minimum atomic E-state index is -4.58. The van der Waals surface area contributed by atoms with Crippen molar-refractivity contribution in [1.29, 1.82) is 5.26 Å². The van der Waals surface area contributed by atoms with Crippen LogP contribution in [0.4, 0.5) is 13.2 Å². The zero-order valence-corrected chi connectivity index (χ0v) is 31.9. The van der Waals surface area contributed by atoms with Gasteiger partial charge in [-0.2, -0.15) is 18.4 Å². The summed E-state index contributed by atoms with van der Waals surface area (Å²) in [6.07, 6.45) is -4.58. The fraction of sp³-hybridized carbons (Fsp3) is 0.0200. The van der Waals surface area contributed by atoms with E-state index < -0.39 is 11.7 Å². The molecule has 12 rings (SSSR count). The molecule has 0 amide bonds. The van der Waals surface area contributed by atoms with Crippen molar-refractivity contribution in [3.63, 3.8) is 0 Å². The van der Waals surface area contributed by atoms with Gasteiger partial charge >= 0.3 is 6.18 Å². The molecule has 8 aromatic carbocycles. The van der Waals surface area contributed by atoms with Crippen molar-refractivity contribution in [2.75, 3.05) is 0 Å². The molecule has 12 aromatic rings. The predicted molar refractivity (Wildman–Crippen MR) is 236 cm³/mol. The van der Waals surface area contributed by atoms with E-state index in [4.69, 9.17) is 0 Å². The lowest BCUT2D eigenvalue weighted by Crippen LogP contribution is -2.07. The third-order valence-corrected chi connectivity index (χ3v) is 13.8. The van der Waals surface area contributed by atoms with Crippen LogP contribution in [0.25, 0.3) is 106 Å². The number of rotatable bonds is 3. The quantitative estimate of drug-likeness (QED) is 0.175. The van der Waals surface area contributed by atoms with E-state index in [2.05, 4.69) is 88.0 Å². The molecule has 0 radical (unpaired) electrons. The van der Waals surface area contributed by atoms with Gasteiger partial charge in [-0.25, -0.2) is 0 Å². The van der Waals surface area contributed by atoms with Gasteiger partial charge in [-0.1, -0.05) is 97.1 Å². The highest BCUT2D eigenvalue weighted by molar-refractivity contribution is 7.26. The number of benzene rings is 8. The second-order valence-electron chi connectivity index (χ2n) is 14.7. The zero-order chi connectivity index (χ0) is 38.9. The highest BCUT2D eigenvalue weighted by Crippen LogP contribution is 2.49. The topological polar surface area (TPSA) is 33.6 Å². The third-order valence-electron chi connectivity index (χ3n) is 11.5. The summed E-state index contributed by atoms with van der Waals surface area (Å²) in [5, 5.41) is 19.3. The van der Waals surface area contributed by atoms with E-state index >= 15 is 0 Å². The number of halogens is 3. The molecule has 274 valence electrons. The Morgan fingerprint density at radius 1 is 0.466 bits per heavy atom. The molecule has 0 atom stereocenters. The molecule has 4 aromatic heterocycles. The van der Waals surface area contributed by atoms with E-state index in [1.807, 2.05) is 60.7 Å². The van der Waals surface area contributed by atoms with Crippen LogP contribution in [-0.4, -0.2) is 9.13 Å². The fourth-order valence-corrected chi connectivity index (χ4v) is 11.4. The van der Waals surface area contributed by atoms with Crippen LogP contribution in [0, 0.1) is 11.3 Å². The SMILES string of the molecule is N#Cc1cc(-n2c3ccccc3c3ccc4sc5ccccc5c4c32)c(-c2cccc(C(F)(F)F)c2)c(-n2c3ccccc3c3ccc4sc5ccccc5c4c32)c1. The van der Waals surface area contributed by atoms with Crippen LogP contribution in [0.2, 0.25) is 0 Å². The molecule has 0 spiro atoms. The second kappa shape index (κ2) is 12.0. The maximum atomic E-state index is 14.7. The van der Waals surface area contributed by atoms with Crippen molar-refractivity contribution in [3.8, 4) is 28.6 Å². The number of hydrogen-bond acceptors (Lipinski definition) is 3. The second-order valence-corrected chi connectivity index (χ2v) is 16.8. The molecule has 0 aliphatic heterocycles. The summed E-state index contributed by atoms with van der Waals surface area (Å²) in [6, 6.07) is 53.4. The van der Waals surface area contributed by atoms with Crippen molar-refractivity contribution >= 4 is 107 Å². The first kappa shape index (κ1) is 33.2. The molecular formula is C50H26F3N3S2. The highest BCUT2D eigenvalue weighted by Gasteiger charge is 2.32. The van der Waals surface area contributed by atoms with Gasteiger partial charge in [0.25, 0.3) is 0 Å². The summed E-state index contributed by atoms with van der Waals surface area (Å²) < 4.78 is 53.0. The van der Waals surface area contributed by atoms with Crippen molar-refractivity contribution < 1.29 is 13.2 Å². The Hall–Kier alpha value is -6.92. The van der Waals surface area contributed by atoms with Gasteiger partial charge in [-0.15, -0.1) is 22.7 Å². The predicted octanol–water partition coefficient (Wildman–Crippen LogP) is 15.2. The van der Waals surface area contributed by atoms with E-state index in [1.54, 1.807) is 28.7 Å². The summed E-state index contributed by atoms with van der Waals surface area (Å²) in [6.45, 7) is 0. The summed E-state index contributed by atoms with van der Waals surface area (Å²) in [5.74, 6) is 0. The van der Waals surface area contributed by atoms with Crippen LogP contribution in [0.15, 0.2) is 158 Å². The van der Waals surface area contributed by atoms with E-state index in [9.17, 15) is 18.4 Å². The average molecular weight is 790 g/mol. The molecule has 0 saturated heterocycles.